The molecule has 5 aromatic rings. The summed E-state index contributed by atoms with van der Waals surface area (Å²) >= 11 is 0. The van der Waals surface area contributed by atoms with Crippen LogP contribution < -0.4 is 9.64 Å². The monoisotopic (exact) mass is 742 g/mol. The number of hydrogen-bond acceptors (Lipinski definition) is 10. The fraction of sp³-hybridized carbons (Fsp3) is 0.415. The third-order valence-electron chi connectivity index (χ3n) is 10.4. The quantitative estimate of drug-likeness (QED) is 0.0843. The van der Waals surface area contributed by atoms with Gasteiger partial charge in [-0.25, -0.2) is 23.4 Å². The Morgan fingerprint density at radius 1 is 0.815 bits per heavy atom. The number of nitrogens with zero attached hydrogens (tertiary/aromatic N) is 4. The third kappa shape index (κ3) is 8.17. The molecule has 0 amide bonds. The Morgan fingerprint density at radius 3 is 2.31 bits per heavy atom. The number of hydrogen-bond donors (Lipinski definition) is 0. The standard InChI is InChI=1S/C41H44F2N4O7/c1-46-36-11-15-44-24-35(36)32-8-5-26(19-37(32)46)27-6-10-38(45-23-27)54-31-21-30(22-31)52-18-4-14-41(42,43)25-53-29-12-16-47(17-13-29)28-7-9-33(39(48)50-2)34(20-28)40(49)51-3/h5-11,15,19-20,23-24,29-31H,4,12-14,16-18,21-22,25H2,1-3H3/t30-,31-. The van der Waals surface area contributed by atoms with Gasteiger partial charge in [-0.05, 0) is 61.2 Å². The number of anilines is 1. The van der Waals surface area contributed by atoms with Crippen LogP contribution >= 0.6 is 0 Å². The van der Waals surface area contributed by atoms with E-state index < -0.39 is 24.5 Å². The molecule has 1 saturated heterocycles. The Labute approximate surface area is 312 Å². The van der Waals surface area contributed by atoms with Crippen molar-refractivity contribution in [3.8, 4) is 17.0 Å². The van der Waals surface area contributed by atoms with Gasteiger partial charge in [0, 0.05) is 98.2 Å². The largest absolute Gasteiger partial charge is 0.474 e. The summed E-state index contributed by atoms with van der Waals surface area (Å²) in [6, 6.07) is 17.1. The van der Waals surface area contributed by atoms with Crippen LogP contribution in [0.2, 0.25) is 0 Å². The van der Waals surface area contributed by atoms with Crippen molar-refractivity contribution in [1.82, 2.24) is 14.5 Å². The zero-order chi connectivity index (χ0) is 37.8. The molecule has 0 atom stereocenters. The van der Waals surface area contributed by atoms with Crippen molar-refractivity contribution in [2.24, 2.45) is 7.05 Å². The molecule has 54 heavy (non-hydrogen) atoms. The molecule has 2 aliphatic rings. The summed E-state index contributed by atoms with van der Waals surface area (Å²) in [6.45, 7) is 0.714. The molecule has 0 spiro atoms. The maximum atomic E-state index is 14.7. The molecule has 3 aromatic heterocycles. The summed E-state index contributed by atoms with van der Waals surface area (Å²) in [5, 5.41) is 2.29. The van der Waals surface area contributed by atoms with Gasteiger partial charge in [0.25, 0.3) is 5.92 Å². The number of esters is 2. The zero-order valence-corrected chi connectivity index (χ0v) is 30.6. The van der Waals surface area contributed by atoms with Gasteiger partial charge in [0.1, 0.15) is 12.7 Å². The Balaban J connectivity index is 0.790. The molecule has 0 N–H and O–H groups in total. The lowest BCUT2D eigenvalue weighted by atomic mass is 9.92. The molecule has 0 bridgehead atoms. The highest BCUT2D eigenvalue weighted by Crippen LogP contribution is 2.33. The maximum absolute atomic E-state index is 14.7. The smallest absolute Gasteiger partial charge is 0.338 e. The second-order valence-corrected chi connectivity index (χ2v) is 13.9. The van der Waals surface area contributed by atoms with Crippen LogP contribution in [0.25, 0.3) is 32.9 Å². The molecule has 1 saturated carbocycles. The Morgan fingerprint density at radius 2 is 1.57 bits per heavy atom. The predicted molar refractivity (Wildman–Crippen MR) is 199 cm³/mol. The van der Waals surface area contributed by atoms with E-state index in [1.165, 1.54) is 20.3 Å². The van der Waals surface area contributed by atoms with Crippen molar-refractivity contribution < 1.29 is 42.1 Å². The van der Waals surface area contributed by atoms with Crippen molar-refractivity contribution >= 4 is 39.4 Å². The predicted octanol–water partition coefficient (Wildman–Crippen LogP) is 7.39. The minimum Gasteiger partial charge on any atom is -0.474 e. The van der Waals surface area contributed by atoms with E-state index in [1.54, 1.807) is 18.3 Å². The van der Waals surface area contributed by atoms with E-state index in [2.05, 4.69) is 39.8 Å². The molecule has 1 aliphatic heterocycles. The number of rotatable bonds is 14. The average Bonchev–Trinajstić information content (AvgIpc) is 3.47. The lowest BCUT2D eigenvalue weighted by molar-refractivity contribution is -0.114. The van der Waals surface area contributed by atoms with Crippen molar-refractivity contribution in [3.63, 3.8) is 0 Å². The van der Waals surface area contributed by atoms with Gasteiger partial charge >= 0.3 is 11.9 Å². The van der Waals surface area contributed by atoms with Gasteiger partial charge in [0.15, 0.2) is 0 Å². The topological polar surface area (TPSA) is 114 Å². The first-order valence-electron chi connectivity index (χ1n) is 18.2. The van der Waals surface area contributed by atoms with Crippen LogP contribution in [0.1, 0.15) is 59.2 Å². The number of pyridine rings is 2. The minimum absolute atomic E-state index is 0.0209. The molecule has 0 radical (unpaired) electrons. The second-order valence-electron chi connectivity index (χ2n) is 13.9. The lowest BCUT2D eigenvalue weighted by Gasteiger charge is -2.35. The minimum atomic E-state index is -2.96. The summed E-state index contributed by atoms with van der Waals surface area (Å²) in [5.74, 6) is -3.69. The molecular weight excluding hydrogens is 698 g/mol. The highest BCUT2D eigenvalue weighted by atomic mass is 19.3. The lowest BCUT2D eigenvalue weighted by Crippen LogP contribution is -2.40. The first-order valence-corrected chi connectivity index (χ1v) is 18.2. The molecule has 4 heterocycles. The zero-order valence-electron chi connectivity index (χ0n) is 30.6. The van der Waals surface area contributed by atoms with Gasteiger partial charge in [0.2, 0.25) is 5.88 Å². The van der Waals surface area contributed by atoms with Gasteiger partial charge in [-0.3, -0.25) is 4.98 Å². The van der Waals surface area contributed by atoms with Crippen LogP contribution in [-0.4, -0.2) is 91.2 Å². The Hall–Kier alpha value is -5.14. The highest BCUT2D eigenvalue weighted by molar-refractivity contribution is 6.08. The molecular formula is C41H44F2N4O7. The van der Waals surface area contributed by atoms with Crippen LogP contribution in [0, 0.1) is 0 Å². The summed E-state index contributed by atoms with van der Waals surface area (Å²) < 4.78 is 58.7. The van der Waals surface area contributed by atoms with Gasteiger partial charge in [-0.15, -0.1) is 0 Å². The molecule has 2 fully saturated rings. The van der Waals surface area contributed by atoms with Crippen LogP contribution in [0.4, 0.5) is 14.5 Å². The van der Waals surface area contributed by atoms with E-state index in [0.29, 0.717) is 44.7 Å². The SMILES string of the molecule is COC(=O)c1ccc(N2CCC(OCC(F)(F)CCCO[C@H]3C[C@H](Oc4ccc(-c5ccc6c7cnccc7n(C)c6c5)cn4)C3)CC2)cc1C(=O)OC. The van der Waals surface area contributed by atoms with Crippen LogP contribution in [0.3, 0.4) is 0 Å². The van der Waals surface area contributed by atoms with Crippen LogP contribution in [0.15, 0.2) is 73.2 Å². The van der Waals surface area contributed by atoms with Gasteiger partial charge < -0.3 is 33.2 Å². The fourth-order valence-corrected chi connectivity index (χ4v) is 7.24. The number of methoxy groups -OCH3 is 2. The average molecular weight is 743 g/mol. The summed E-state index contributed by atoms with van der Waals surface area (Å²) in [4.78, 5) is 35.2. The van der Waals surface area contributed by atoms with E-state index in [4.69, 9.17) is 23.7 Å². The number of carbonyl (C=O) groups is 2. The van der Waals surface area contributed by atoms with E-state index in [0.717, 1.165) is 38.6 Å². The van der Waals surface area contributed by atoms with E-state index >= 15 is 0 Å². The molecule has 1 aliphatic carbocycles. The first-order chi connectivity index (χ1) is 26.1. The van der Waals surface area contributed by atoms with Crippen molar-refractivity contribution in [2.75, 3.05) is 45.4 Å². The van der Waals surface area contributed by atoms with Crippen molar-refractivity contribution in [2.45, 2.75) is 62.8 Å². The van der Waals surface area contributed by atoms with Crippen LogP contribution in [0.5, 0.6) is 5.88 Å². The molecule has 2 aromatic carbocycles. The fourth-order valence-electron chi connectivity index (χ4n) is 7.24. The molecule has 13 heteroatoms. The number of fused-ring (bicyclic) bond motifs is 3. The van der Waals surface area contributed by atoms with E-state index in [1.807, 2.05) is 35.5 Å². The summed E-state index contributed by atoms with van der Waals surface area (Å²) in [7, 11) is 4.54. The second kappa shape index (κ2) is 16.1. The number of carbonyl (C=O) groups excluding carboxylic acids is 2. The first kappa shape index (κ1) is 37.2. The van der Waals surface area contributed by atoms with Crippen LogP contribution in [-0.2, 0) is 26.0 Å². The van der Waals surface area contributed by atoms with Gasteiger partial charge in [0.05, 0.1) is 43.1 Å². The van der Waals surface area contributed by atoms with Gasteiger partial charge in [-0.1, -0.05) is 12.1 Å². The van der Waals surface area contributed by atoms with Gasteiger partial charge in [-0.2, -0.15) is 0 Å². The van der Waals surface area contributed by atoms with E-state index in [-0.39, 0.29) is 48.9 Å². The normalized spacial score (nSPS) is 17.8. The molecule has 284 valence electrons. The number of aromatic nitrogens is 3. The highest BCUT2D eigenvalue weighted by Gasteiger charge is 2.34. The number of piperidine rings is 1. The maximum Gasteiger partial charge on any atom is 0.338 e. The number of alkyl halides is 2. The number of ether oxygens (including phenoxy) is 5. The molecule has 11 nitrogen and oxygen atoms in total. The number of benzene rings is 2. The van der Waals surface area contributed by atoms with E-state index in [9.17, 15) is 18.4 Å². The molecule has 0 unspecified atom stereocenters. The van der Waals surface area contributed by atoms with Crippen molar-refractivity contribution in [1.29, 1.82) is 0 Å². The summed E-state index contributed by atoms with van der Waals surface area (Å²) in [5.41, 5.74) is 5.28. The molecule has 7 rings (SSSR count). The summed E-state index contributed by atoms with van der Waals surface area (Å²) in [6.07, 6.45) is 7.57. The Bertz CT molecular complexity index is 2110. The number of aryl methyl sites for hydroxylation is 1. The Kier molecular flexibility index (Phi) is 11.1. The van der Waals surface area contributed by atoms with Crippen molar-refractivity contribution in [3.05, 3.63) is 84.3 Å². The third-order valence-corrected chi connectivity index (χ3v) is 10.4. The number of halogens is 2.